The third-order valence-electron chi connectivity index (χ3n) is 5.55. The second-order valence-corrected chi connectivity index (χ2v) is 8.27. The summed E-state index contributed by atoms with van der Waals surface area (Å²) in [5.74, 6) is 0.694. The lowest BCUT2D eigenvalue weighted by Gasteiger charge is -2.39. The van der Waals surface area contributed by atoms with Crippen molar-refractivity contribution >= 4 is 27.6 Å². The Balaban J connectivity index is 1.69. The van der Waals surface area contributed by atoms with Gasteiger partial charge in [-0.25, -0.2) is 0 Å². The van der Waals surface area contributed by atoms with Crippen molar-refractivity contribution in [3.63, 3.8) is 0 Å². The van der Waals surface area contributed by atoms with Crippen LogP contribution in [0.4, 0.5) is 0 Å². The number of hydrogen-bond donors (Lipinski definition) is 0. The molecule has 24 heavy (non-hydrogen) atoms. The highest BCUT2D eigenvalue weighted by Crippen LogP contribution is 2.31. The molecule has 1 aliphatic heterocycles. The number of rotatable bonds is 3. The van der Waals surface area contributed by atoms with E-state index in [4.69, 9.17) is 0 Å². The maximum Gasteiger partial charge on any atom is 0.225 e. The molecule has 1 aliphatic carbocycles. The standard InChI is InChI=1S/C20H26BrNO2/c1-14-11-16(8-9-19(14)23)20(24)22-10-3-2-7-18(22)13-15-5-4-6-17(21)12-15/h4-6,12,14,16,18H,2-3,7-11,13H2,1H3. The summed E-state index contributed by atoms with van der Waals surface area (Å²) in [7, 11) is 0. The fraction of sp³-hybridized carbons (Fsp3) is 0.600. The maximum atomic E-state index is 13.1. The highest BCUT2D eigenvalue weighted by atomic mass is 79.9. The normalized spacial score (nSPS) is 28.0. The Morgan fingerprint density at radius 1 is 1.29 bits per heavy atom. The molecule has 0 spiro atoms. The van der Waals surface area contributed by atoms with Gasteiger partial charge in [-0.3, -0.25) is 9.59 Å². The first kappa shape index (κ1) is 17.7. The summed E-state index contributed by atoms with van der Waals surface area (Å²) < 4.78 is 1.09. The zero-order valence-corrected chi connectivity index (χ0v) is 15.9. The van der Waals surface area contributed by atoms with Crippen molar-refractivity contribution in [1.82, 2.24) is 4.90 Å². The molecule has 4 heteroatoms. The minimum Gasteiger partial charge on any atom is -0.339 e. The number of benzene rings is 1. The van der Waals surface area contributed by atoms with Crippen molar-refractivity contribution < 1.29 is 9.59 Å². The quantitative estimate of drug-likeness (QED) is 0.766. The van der Waals surface area contributed by atoms with E-state index in [1.54, 1.807) is 0 Å². The van der Waals surface area contributed by atoms with Crippen LogP contribution in [-0.2, 0) is 16.0 Å². The van der Waals surface area contributed by atoms with Crippen LogP contribution in [0.15, 0.2) is 28.7 Å². The fourth-order valence-corrected chi connectivity index (χ4v) is 4.58. The summed E-state index contributed by atoms with van der Waals surface area (Å²) in [6.45, 7) is 2.84. The Bertz CT molecular complexity index is 615. The molecule has 1 heterocycles. The molecule has 1 aromatic carbocycles. The topological polar surface area (TPSA) is 37.4 Å². The molecule has 3 unspecified atom stereocenters. The van der Waals surface area contributed by atoms with Gasteiger partial charge in [0, 0.05) is 35.3 Å². The van der Waals surface area contributed by atoms with Crippen molar-refractivity contribution in [1.29, 1.82) is 0 Å². The molecular formula is C20H26BrNO2. The smallest absolute Gasteiger partial charge is 0.225 e. The number of hydrogen-bond acceptors (Lipinski definition) is 2. The van der Waals surface area contributed by atoms with Crippen LogP contribution in [0.1, 0.15) is 51.0 Å². The molecular weight excluding hydrogens is 366 g/mol. The monoisotopic (exact) mass is 391 g/mol. The largest absolute Gasteiger partial charge is 0.339 e. The third kappa shape index (κ3) is 4.08. The van der Waals surface area contributed by atoms with E-state index in [-0.39, 0.29) is 17.7 Å². The summed E-state index contributed by atoms with van der Waals surface area (Å²) in [6.07, 6.45) is 6.34. The van der Waals surface area contributed by atoms with Crippen LogP contribution < -0.4 is 0 Å². The van der Waals surface area contributed by atoms with E-state index < -0.39 is 0 Å². The Morgan fingerprint density at radius 3 is 2.88 bits per heavy atom. The zero-order chi connectivity index (χ0) is 17.1. The molecule has 0 N–H and O–H groups in total. The second kappa shape index (κ2) is 7.81. The molecule has 1 saturated carbocycles. The van der Waals surface area contributed by atoms with Crippen LogP contribution in [0.3, 0.4) is 0 Å². The lowest BCUT2D eigenvalue weighted by atomic mass is 9.80. The van der Waals surface area contributed by atoms with E-state index in [1.165, 1.54) is 12.0 Å². The van der Waals surface area contributed by atoms with Crippen molar-refractivity contribution in [2.45, 2.75) is 57.9 Å². The molecule has 1 amide bonds. The summed E-state index contributed by atoms with van der Waals surface area (Å²) in [5, 5.41) is 0. The van der Waals surface area contributed by atoms with E-state index in [0.29, 0.717) is 18.2 Å². The minimum atomic E-state index is 0.0424. The molecule has 0 bridgehead atoms. The molecule has 2 fully saturated rings. The van der Waals surface area contributed by atoms with E-state index in [0.717, 1.165) is 43.1 Å². The number of likely N-dealkylation sites (tertiary alicyclic amines) is 1. The lowest BCUT2D eigenvalue weighted by molar-refractivity contribution is -0.142. The Hall–Kier alpha value is -1.16. The molecule has 1 aromatic rings. The average molecular weight is 392 g/mol. The van der Waals surface area contributed by atoms with E-state index in [1.807, 2.05) is 13.0 Å². The van der Waals surface area contributed by atoms with Gasteiger partial charge in [0.05, 0.1) is 0 Å². The lowest BCUT2D eigenvalue weighted by Crippen LogP contribution is -2.48. The summed E-state index contributed by atoms with van der Waals surface area (Å²) in [4.78, 5) is 26.9. The molecule has 3 nitrogen and oxygen atoms in total. The van der Waals surface area contributed by atoms with Crippen LogP contribution in [0.25, 0.3) is 0 Å². The predicted octanol–water partition coefficient (Wildman–Crippen LogP) is 4.38. The maximum absolute atomic E-state index is 13.1. The van der Waals surface area contributed by atoms with E-state index >= 15 is 0 Å². The molecule has 1 saturated heterocycles. The number of halogens is 1. The molecule has 130 valence electrons. The summed E-state index contributed by atoms with van der Waals surface area (Å²) >= 11 is 3.53. The predicted molar refractivity (Wildman–Crippen MR) is 98.7 cm³/mol. The van der Waals surface area contributed by atoms with Crippen LogP contribution in [-0.4, -0.2) is 29.2 Å². The van der Waals surface area contributed by atoms with Gasteiger partial charge in [0.25, 0.3) is 0 Å². The van der Waals surface area contributed by atoms with E-state index in [2.05, 4.69) is 39.0 Å². The Kier molecular flexibility index (Phi) is 5.75. The van der Waals surface area contributed by atoms with Gasteiger partial charge in [0.2, 0.25) is 5.91 Å². The van der Waals surface area contributed by atoms with Crippen LogP contribution in [0.5, 0.6) is 0 Å². The Morgan fingerprint density at radius 2 is 2.12 bits per heavy atom. The number of nitrogens with zero attached hydrogens (tertiary/aromatic N) is 1. The van der Waals surface area contributed by atoms with Crippen LogP contribution in [0, 0.1) is 11.8 Å². The van der Waals surface area contributed by atoms with E-state index in [9.17, 15) is 9.59 Å². The van der Waals surface area contributed by atoms with Crippen molar-refractivity contribution in [3.05, 3.63) is 34.3 Å². The zero-order valence-electron chi connectivity index (χ0n) is 14.3. The van der Waals surface area contributed by atoms with Crippen molar-refractivity contribution in [2.24, 2.45) is 11.8 Å². The van der Waals surface area contributed by atoms with Gasteiger partial charge in [-0.1, -0.05) is 35.0 Å². The number of carbonyl (C=O) groups is 2. The fourth-order valence-electron chi connectivity index (χ4n) is 4.14. The third-order valence-corrected chi connectivity index (χ3v) is 6.04. The highest BCUT2D eigenvalue weighted by molar-refractivity contribution is 9.10. The minimum absolute atomic E-state index is 0.0424. The SMILES string of the molecule is CC1CC(C(=O)N2CCCCC2Cc2cccc(Br)c2)CCC1=O. The number of carbonyl (C=O) groups excluding carboxylic acids is 2. The first-order valence-electron chi connectivity index (χ1n) is 9.12. The summed E-state index contributed by atoms with van der Waals surface area (Å²) in [5.41, 5.74) is 1.28. The van der Waals surface area contributed by atoms with Gasteiger partial charge in [-0.2, -0.15) is 0 Å². The first-order valence-corrected chi connectivity index (χ1v) is 9.91. The molecule has 0 radical (unpaired) electrons. The van der Waals surface area contributed by atoms with Gasteiger partial charge < -0.3 is 4.90 Å². The number of piperidine rings is 1. The molecule has 2 aliphatic rings. The van der Waals surface area contributed by atoms with Crippen LogP contribution >= 0.6 is 15.9 Å². The first-order chi connectivity index (χ1) is 11.5. The van der Waals surface area contributed by atoms with Crippen molar-refractivity contribution in [2.75, 3.05) is 6.54 Å². The van der Waals surface area contributed by atoms with Crippen molar-refractivity contribution in [3.8, 4) is 0 Å². The second-order valence-electron chi connectivity index (χ2n) is 7.35. The number of Topliss-reactive ketones (excluding diaryl/α,β-unsaturated/α-hetero) is 1. The van der Waals surface area contributed by atoms with Crippen LogP contribution in [0.2, 0.25) is 0 Å². The Labute approximate surface area is 152 Å². The van der Waals surface area contributed by atoms with Gasteiger partial charge in [0.15, 0.2) is 0 Å². The van der Waals surface area contributed by atoms with Gasteiger partial charge in [-0.15, -0.1) is 0 Å². The molecule has 3 atom stereocenters. The van der Waals surface area contributed by atoms with Gasteiger partial charge in [0.1, 0.15) is 5.78 Å². The molecule has 0 aromatic heterocycles. The van der Waals surface area contributed by atoms with Gasteiger partial charge in [-0.05, 0) is 56.2 Å². The molecule has 3 rings (SSSR count). The van der Waals surface area contributed by atoms with Gasteiger partial charge >= 0.3 is 0 Å². The number of ketones is 1. The number of amides is 1. The average Bonchev–Trinajstić information content (AvgIpc) is 2.57. The highest BCUT2D eigenvalue weighted by Gasteiger charge is 2.35. The summed E-state index contributed by atoms with van der Waals surface area (Å²) in [6, 6.07) is 8.69.